The molecule has 1 rings (SSSR count). The second-order valence-electron chi connectivity index (χ2n) is 3.32. The Kier molecular flexibility index (Phi) is 3.81. The SMILES string of the molecule is C=C(C)CN(CC)c1nccc(C#N)n1. The van der Waals surface area contributed by atoms with Crippen LogP contribution in [0.1, 0.15) is 19.5 Å². The van der Waals surface area contributed by atoms with E-state index in [1.807, 2.05) is 24.8 Å². The molecule has 78 valence electrons. The van der Waals surface area contributed by atoms with Crippen molar-refractivity contribution in [2.45, 2.75) is 13.8 Å². The van der Waals surface area contributed by atoms with Crippen LogP contribution in [-0.2, 0) is 0 Å². The Labute approximate surface area is 89.9 Å². The van der Waals surface area contributed by atoms with Gasteiger partial charge in [0.25, 0.3) is 0 Å². The summed E-state index contributed by atoms with van der Waals surface area (Å²) in [6.07, 6.45) is 1.60. The second-order valence-corrected chi connectivity index (χ2v) is 3.32. The van der Waals surface area contributed by atoms with Gasteiger partial charge < -0.3 is 4.90 Å². The Morgan fingerprint density at radius 1 is 1.67 bits per heavy atom. The van der Waals surface area contributed by atoms with E-state index in [9.17, 15) is 0 Å². The first-order chi connectivity index (χ1) is 7.17. The summed E-state index contributed by atoms with van der Waals surface area (Å²) in [6, 6.07) is 3.59. The Morgan fingerprint density at radius 3 is 2.93 bits per heavy atom. The highest BCUT2D eigenvalue weighted by Crippen LogP contribution is 2.08. The van der Waals surface area contributed by atoms with Crippen molar-refractivity contribution in [3.8, 4) is 6.07 Å². The van der Waals surface area contributed by atoms with Gasteiger partial charge in [-0.3, -0.25) is 0 Å². The van der Waals surface area contributed by atoms with E-state index in [-0.39, 0.29) is 0 Å². The van der Waals surface area contributed by atoms with Crippen LogP contribution >= 0.6 is 0 Å². The van der Waals surface area contributed by atoms with E-state index in [1.165, 1.54) is 0 Å². The first-order valence-electron chi connectivity index (χ1n) is 4.79. The number of anilines is 1. The number of nitriles is 1. The first kappa shape index (κ1) is 11.2. The molecule has 0 unspecified atom stereocenters. The number of hydrogen-bond donors (Lipinski definition) is 0. The molecule has 0 N–H and O–H groups in total. The van der Waals surface area contributed by atoms with Gasteiger partial charge in [0.1, 0.15) is 11.8 Å². The fourth-order valence-corrected chi connectivity index (χ4v) is 1.21. The largest absolute Gasteiger partial charge is 0.337 e. The van der Waals surface area contributed by atoms with Crippen LogP contribution in [0.2, 0.25) is 0 Å². The Hall–Kier alpha value is -1.89. The summed E-state index contributed by atoms with van der Waals surface area (Å²) in [5, 5.41) is 8.72. The molecule has 0 spiro atoms. The van der Waals surface area contributed by atoms with E-state index in [0.717, 1.165) is 12.1 Å². The fourth-order valence-electron chi connectivity index (χ4n) is 1.21. The Balaban J connectivity index is 2.92. The van der Waals surface area contributed by atoms with Crippen LogP contribution in [0.25, 0.3) is 0 Å². The highest BCUT2D eigenvalue weighted by molar-refractivity contribution is 5.35. The predicted molar refractivity (Wildman–Crippen MR) is 59.4 cm³/mol. The van der Waals surface area contributed by atoms with Gasteiger partial charge in [-0.05, 0) is 19.9 Å². The standard InChI is InChI=1S/C11H14N4/c1-4-15(8-9(2)3)11-13-6-5-10(7-12)14-11/h5-6H,2,4,8H2,1,3H3. The minimum Gasteiger partial charge on any atom is -0.337 e. The van der Waals surface area contributed by atoms with Crippen molar-refractivity contribution < 1.29 is 0 Å². The van der Waals surface area contributed by atoms with Crippen molar-refractivity contribution in [1.82, 2.24) is 9.97 Å². The van der Waals surface area contributed by atoms with E-state index in [4.69, 9.17) is 5.26 Å². The van der Waals surface area contributed by atoms with Gasteiger partial charge in [-0.1, -0.05) is 12.2 Å². The molecule has 0 aliphatic carbocycles. The summed E-state index contributed by atoms with van der Waals surface area (Å²) in [4.78, 5) is 10.2. The van der Waals surface area contributed by atoms with Gasteiger partial charge in [-0.2, -0.15) is 5.26 Å². The number of hydrogen-bond acceptors (Lipinski definition) is 4. The quantitative estimate of drug-likeness (QED) is 0.698. The molecule has 1 aromatic heterocycles. The number of rotatable bonds is 4. The van der Waals surface area contributed by atoms with Gasteiger partial charge in [0.2, 0.25) is 5.95 Å². The maximum Gasteiger partial charge on any atom is 0.226 e. The van der Waals surface area contributed by atoms with Crippen molar-refractivity contribution in [2.24, 2.45) is 0 Å². The molecule has 0 saturated carbocycles. The molecule has 0 atom stereocenters. The molecule has 1 heterocycles. The molecule has 1 aromatic rings. The number of nitrogens with zero attached hydrogens (tertiary/aromatic N) is 4. The van der Waals surface area contributed by atoms with Crippen molar-refractivity contribution in [3.05, 3.63) is 30.1 Å². The molecule has 0 radical (unpaired) electrons. The van der Waals surface area contributed by atoms with Crippen molar-refractivity contribution in [2.75, 3.05) is 18.0 Å². The highest BCUT2D eigenvalue weighted by Gasteiger charge is 2.07. The van der Waals surface area contributed by atoms with Crippen LogP contribution in [-0.4, -0.2) is 23.1 Å². The summed E-state index contributed by atoms with van der Waals surface area (Å²) in [6.45, 7) is 9.33. The van der Waals surface area contributed by atoms with Gasteiger partial charge in [0.05, 0.1) is 0 Å². The third-order valence-corrected chi connectivity index (χ3v) is 1.88. The van der Waals surface area contributed by atoms with E-state index >= 15 is 0 Å². The predicted octanol–water partition coefficient (Wildman–Crippen LogP) is 1.75. The van der Waals surface area contributed by atoms with Crippen LogP contribution in [0.15, 0.2) is 24.4 Å². The third-order valence-electron chi connectivity index (χ3n) is 1.88. The summed E-state index contributed by atoms with van der Waals surface area (Å²) < 4.78 is 0. The summed E-state index contributed by atoms with van der Waals surface area (Å²) in [5.41, 5.74) is 1.43. The van der Waals surface area contributed by atoms with Crippen LogP contribution in [0.4, 0.5) is 5.95 Å². The van der Waals surface area contributed by atoms with Gasteiger partial charge in [-0.15, -0.1) is 0 Å². The van der Waals surface area contributed by atoms with Crippen LogP contribution in [0.5, 0.6) is 0 Å². The Bertz CT molecular complexity index is 392. The fraction of sp³-hybridized carbons (Fsp3) is 0.364. The molecule has 15 heavy (non-hydrogen) atoms. The van der Waals surface area contributed by atoms with Crippen molar-refractivity contribution >= 4 is 5.95 Å². The normalized spacial score (nSPS) is 9.40. The Morgan fingerprint density at radius 2 is 2.40 bits per heavy atom. The van der Waals surface area contributed by atoms with E-state index in [1.54, 1.807) is 12.3 Å². The summed E-state index contributed by atoms with van der Waals surface area (Å²) in [5.74, 6) is 0.583. The third kappa shape index (κ3) is 3.06. The van der Waals surface area contributed by atoms with Crippen molar-refractivity contribution in [3.63, 3.8) is 0 Å². The monoisotopic (exact) mass is 202 g/mol. The molecule has 4 heteroatoms. The zero-order chi connectivity index (χ0) is 11.3. The maximum absolute atomic E-state index is 8.72. The summed E-state index contributed by atoms with van der Waals surface area (Å²) in [7, 11) is 0. The molecule has 0 fully saturated rings. The molecule has 0 amide bonds. The molecule has 0 saturated heterocycles. The van der Waals surface area contributed by atoms with Gasteiger partial charge in [-0.25, -0.2) is 9.97 Å². The first-order valence-corrected chi connectivity index (χ1v) is 4.79. The zero-order valence-electron chi connectivity index (χ0n) is 9.06. The average Bonchev–Trinajstić information content (AvgIpc) is 2.25. The van der Waals surface area contributed by atoms with Crippen LogP contribution in [0, 0.1) is 11.3 Å². The topological polar surface area (TPSA) is 52.8 Å². The molecule has 4 nitrogen and oxygen atoms in total. The van der Waals surface area contributed by atoms with Crippen LogP contribution in [0.3, 0.4) is 0 Å². The average molecular weight is 202 g/mol. The zero-order valence-corrected chi connectivity index (χ0v) is 9.06. The lowest BCUT2D eigenvalue weighted by Crippen LogP contribution is -2.26. The minimum absolute atomic E-state index is 0.389. The summed E-state index contributed by atoms with van der Waals surface area (Å²) >= 11 is 0. The lowest BCUT2D eigenvalue weighted by Gasteiger charge is -2.20. The smallest absolute Gasteiger partial charge is 0.226 e. The highest BCUT2D eigenvalue weighted by atomic mass is 15.2. The van der Waals surface area contributed by atoms with Gasteiger partial charge >= 0.3 is 0 Å². The minimum atomic E-state index is 0.389. The number of likely N-dealkylation sites (N-methyl/N-ethyl adjacent to an activating group) is 1. The van der Waals surface area contributed by atoms with E-state index < -0.39 is 0 Å². The molecular formula is C11H14N4. The molecule has 0 aliphatic heterocycles. The van der Waals surface area contributed by atoms with Gasteiger partial charge in [0, 0.05) is 19.3 Å². The number of aromatic nitrogens is 2. The lowest BCUT2D eigenvalue weighted by atomic mass is 10.3. The molecular weight excluding hydrogens is 188 g/mol. The molecule has 0 bridgehead atoms. The molecule has 0 aliphatic rings. The second kappa shape index (κ2) is 5.11. The van der Waals surface area contributed by atoms with E-state index in [2.05, 4.69) is 16.5 Å². The molecule has 0 aromatic carbocycles. The van der Waals surface area contributed by atoms with Crippen molar-refractivity contribution in [1.29, 1.82) is 5.26 Å². The maximum atomic E-state index is 8.72. The van der Waals surface area contributed by atoms with E-state index in [0.29, 0.717) is 18.2 Å². The van der Waals surface area contributed by atoms with Crippen LogP contribution < -0.4 is 4.90 Å². The van der Waals surface area contributed by atoms with Gasteiger partial charge in [0.15, 0.2) is 0 Å². The lowest BCUT2D eigenvalue weighted by molar-refractivity contribution is 0.831.